The Labute approximate surface area is 188 Å². The van der Waals surface area contributed by atoms with Gasteiger partial charge in [-0.1, -0.05) is 6.07 Å². The van der Waals surface area contributed by atoms with E-state index in [0.717, 1.165) is 29.1 Å². The second-order valence-electron chi connectivity index (χ2n) is 10.1. The average molecular weight is 435 g/mol. The first-order chi connectivity index (χ1) is 15.4. The maximum Gasteiger partial charge on any atom is 0.339 e. The maximum absolute atomic E-state index is 13.0. The number of hydrogen-bond donors (Lipinski definition) is 1. The van der Waals surface area contributed by atoms with Gasteiger partial charge in [-0.05, 0) is 105 Å². The number of ether oxygens (including phenoxy) is 2. The highest BCUT2D eigenvalue weighted by Gasteiger charge is 2.52. The number of aryl methyl sites for hydroxylation is 1. The van der Waals surface area contributed by atoms with Crippen molar-refractivity contribution >= 4 is 11.8 Å². The van der Waals surface area contributed by atoms with E-state index in [0.29, 0.717) is 5.56 Å². The third kappa shape index (κ3) is 3.68. The van der Waals surface area contributed by atoms with Gasteiger partial charge >= 0.3 is 5.97 Å². The Bertz CT molecular complexity index is 1030. The number of carboxylic acids is 1. The molecule has 0 atom stereocenters. The summed E-state index contributed by atoms with van der Waals surface area (Å²) in [6, 6.07) is 10.6. The number of aromatic carboxylic acids is 1. The summed E-state index contributed by atoms with van der Waals surface area (Å²) in [6.07, 6.45) is 7.64. The monoisotopic (exact) mass is 434 g/mol. The molecule has 0 unspecified atom stereocenters. The fourth-order valence-corrected chi connectivity index (χ4v) is 6.89. The van der Waals surface area contributed by atoms with Crippen LogP contribution in [0.25, 0.3) is 0 Å². The molecule has 4 saturated carbocycles. The molecule has 32 heavy (non-hydrogen) atoms. The Balaban J connectivity index is 1.40. The topological polar surface area (TPSA) is 72.8 Å². The Morgan fingerprint density at radius 3 is 2.22 bits per heavy atom. The molecule has 4 aliphatic carbocycles. The van der Waals surface area contributed by atoms with Gasteiger partial charge in [-0.3, -0.25) is 4.79 Å². The summed E-state index contributed by atoms with van der Waals surface area (Å²) in [4.78, 5) is 24.5. The molecule has 1 N–H and O–H groups in total. The molecule has 0 heterocycles. The molecule has 2 aromatic carbocycles. The molecule has 0 spiro atoms. The van der Waals surface area contributed by atoms with Gasteiger partial charge < -0.3 is 14.6 Å². The molecule has 0 aliphatic heterocycles. The molecule has 4 bridgehead atoms. The molecule has 168 valence electrons. The molecule has 0 aromatic heterocycles. The number of hydrogen-bond acceptors (Lipinski definition) is 4. The van der Waals surface area contributed by atoms with Gasteiger partial charge in [-0.2, -0.15) is 0 Å². The van der Waals surface area contributed by atoms with E-state index in [1.165, 1.54) is 50.2 Å². The van der Waals surface area contributed by atoms with E-state index in [4.69, 9.17) is 9.47 Å². The van der Waals surface area contributed by atoms with E-state index in [1.54, 1.807) is 25.3 Å². The van der Waals surface area contributed by atoms with Gasteiger partial charge in [0.2, 0.25) is 0 Å². The summed E-state index contributed by atoms with van der Waals surface area (Å²) in [5.41, 5.74) is 2.83. The van der Waals surface area contributed by atoms with E-state index in [-0.39, 0.29) is 29.1 Å². The van der Waals surface area contributed by atoms with Crippen LogP contribution in [-0.4, -0.2) is 30.6 Å². The highest BCUT2D eigenvalue weighted by Crippen LogP contribution is 2.61. The average Bonchev–Trinajstić information content (AvgIpc) is 2.76. The molecule has 6 rings (SSSR count). The predicted molar refractivity (Wildman–Crippen MR) is 121 cm³/mol. The van der Waals surface area contributed by atoms with Gasteiger partial charge in [0.25, 0.3) is 0 Å². The standard InChI is InChI=1S/C27H30O5/c1-16-3-5-21(26(29)30)25(7-16)32-15-23(28)20-4-6-24(31-2)22(11-20)27-12-17-8-18(13-27)10-19(9-17)14-27/h3-7,11,17-19H,8-10,12-15H2,1-2H3,(H,29,30). The minimum Gasteiger partial charge on any atom is -0.496 e. The first-order valence-corrected chi connectivity index (χ1v) is 11.6. The zero-order chi connectivity index (χ0) is 22.5. The third-order valence-corrected chi connectivity index (χ3v) is 7.86. The molecule has 4 aliphatic rings. The van der Waals surface area contributed by atoms with Crippen molar-refractivity contribution < 1.29 is 24.2 Å². The van der Waals surface area contributed by atoms with Crippen LogP contribution in [0.15, 0.2) is 36.4 Å². The van der Waals surface area contributed by atoms with Crippen molar-refractivity contribution in [2.45, 2.75) is 50.9 Å². The fraction of sp³-hybridized carbons (Fsp3) is 0.481. The molecule has 0 amide bonds. The molecule has 4 fully saturated rings. The fourth-order valence-electron chi connectivity index (χ4n) is 6.89. The lowest BCUT2D eigenvalue weighted by atomic mass is 9.48. The Hall–Kier alpha value is -2.82. The van der Waals surface area contributed by atoms with E-state index >= 15 is 0 Å². The van der Waals surface area contributed by atoms with Gasteiger partial charge in [0.15, 0.2) is 12.4 Å². The number of ketones is 1. The molecule has 5 nitrogen and oxygen atoms in total. The second-order valence-corrected chi connectivity index (χ2v) is 10.1. The smallest absolute Gasteiger partial charge is 0.339 e. The number of benzene rings is 2. The summed E-state index contributed by atoms with van der Waals surface area (Å²) >= 11 is 0. The highest BCUT2D eigenvalue weighted by atomic mass is 16.5. The van der Waals surface area contributed by atoms with Crippen molar-refractivity contribution in [3.05, 3.63) is 58.7 Å². The molecule has 0 radical (unpaired) electrons. The lowest BCUT2D eigenvalue weighted by Crippen LogP contribution is -2.48. The van der Waals surface area contributed by atoms with Crippen LogP contribution in [0.2, 0.25) is 0 Å². The van der Waals surface area contributed by atoms with Crippen molar-refractivity contribution in [3.63, 3.8) is 0 Å². The summed E-state index contributed by atoms with van der Waals surface area (Å²) in [6.45, 7) is 1.66. The van der Waals surface area contributed by atoms with E-state index < -0.39 is 5.97 Å². The van der Waals surface area contributed by atoms with Gasteiger partial charge in [-0.15, -0.1) is 0 Å². The number of rotatable bonds is 7. The third-order valence-electron chi connectivity index (χ3n) is 7.86. The van der Waals surface area contributed by atoms with Crippen molar-refractivity contribution in [1.29, 1.82) is 0 Å². The molecule has 0 saturated heterocycles. The van der Waals surface area contributed by atoms with E-state index in [1.807, 2.05) is 19.1 Å². The molecular formula is C27H30O5. The molecule has 5 heteroatoms. The van der Waals surface area contributed by atoms with Crippen LogP contribution >= 0.6 is 0 Å². The number of Topliss-reactive ketones (excluding diaryl/α,β-unsaturated/α-hetero) is 1. The Kier molecular flexibility index (Phi) is 5.23. The van der Waals surface area contributed by atoms with E-state index in [2.05, 4.69) is 0 Å². The highest BCUT2D eigenvalue weighted by molar-refractivity contribution is 5.98. The van der Waals surface area contributed by atoms with Gasteiger partial charge in [-0.25, -0.2) is 4.79 Å². The van der Waals surface area contributed by atoms with Gasteiger partial charge in [0.1, 0.15) is 17.1 Å². The van der Waals surface area contributed by atoms with Crippen LogP contribution in [0.4, 0.5) is 0 Å². The summed E-state index contributed by atoms with van der Waals surface area (Å²) < 4.78 is 11.4. The molecular weight excluding hydrogens is 404 g/mol. The maximum atomic E-state index is 13.0. The predicted octanol–water partition coefficient (Wildman–Crippen LogP) is 5.43. The van der Waals surface area contributed by atoms with Crippen LogP contribution in [0, 0.1) is 24.7 Å². The first-order valence-electron chi connectivity index (χ1n) is 11.6. The Morgan fingerprint density at radius 2 is 1.62 bits per heavy atom. The van der Waals surface area contributed by atoms with Crippen LogP contribution < -0.4 is 9.47 Å². The minimum absolute atomic E-state index is 0.0624. The first kappa shape index (κ1) is 21.0. The Morgan fingerprint density at radius 1 is 0.969 bits per heavy atom. The lowest BCUT2D eigenvalue weighted by Gasteiger charge is -2.57. The zero-order valence-electron chi connectivity index (χ0n) is 18.7. The molecule has 2 aromatic rings. The van der Waals surface area contributed by atoms with Crippen molar-refractivity contribution in [2.24, 2.45) is 17.8 Å². The lowest BCUT2D eigenvalue weighted by molar-refractivity contribution is -0.00617. The van der Waals surface area contributed by atoms with Gasteiger partial charge in [0.05, 0.1) is 7.11 Å². The summed E-state index contributed by atoms with van der Waals surface area (Å²) in [5.74, 6) is 2.26. The summed E-state index contributed by atoms with van der Waals surface area (Å²) in [7, 11) is 1.70. The van der Waals surface area contributed by atoms with Crippen molar-refractivity contribution in [2.75, 3.05) is 13.7 Å². The van der Waals surface area contributed by atoms with Crippen LogP contribution in [0.5, 0.6) is 11.5 Å². The van der Waals surface area contributed by atoms with Crippen LogP contribution in [-0.2, 0) is 5.41 Å². The minimum atomic E-state index is -1.07. The quantitative estimate of drug-likeness (QED) is 0.588. The SMILES string of the molecule is COc1ccc(C(=O)COc2cc(C)ccc2C(=O)O)cc1C12CC3CC(CC(C3)C1)C2. The summed E-state index contributed by atoms with van der Waals surface area (Å²) in [5, 5.41) is 9.41. The van der Waals surface area contributed by atoms with Crippen LogP contribution in [0.3, 0.4) is 0 Å². The van der Waals surface area contributed by atoms with Crippen LogP contribution in [0.1, 0.15) is 70.4 Å². The van der Waals surface area contributed by atoms with Gasteiger partial charge in [0, 0.05) is 11.1 Å². The normalized spacial score (nSPS) is 27.9. The number of carbonyl (C=O) groups is 2. The van der Waals surface area contributed by atoms with Crippen molar-refractivity contribution in [3.8, 4) is 11.5 Å². The zero-order valence-corrected chi connectivity index (χ0v) is 18.7. The van der Waals surface area contributed by atoms with E-state index in [9.17, 15) is 14.7 Å². The number of carboxylic acid groups (broad SMARTS) is 1. The second kappa shape index (κ2) is 7.95. The number of methoxy groups -OCH3 is 1. The number of carbonyl (C=O) groups excluding carboxylic acids is 1. The largest absolute Gasteiger partial charge is 0.496 e. The van der Waals surface area contributed by atoms with Crippen molar-refractivity contribution in [1.82, 2.24) is 0 Å².